The highest BCUT2D eigenvalue weighted by Crippen LogP contribution is 2.36. The van der Waals surface area contributed by atoms with Gasteiger partial charge in [0.1, 0.15) is 0 Å². The summed E-state index contributed by atoms with van der Waals surface area (Å²) in [6.07, 6.45) is 17.0. The van der Waals surface area contributed by atoms with Gasteiger partial charge in [-0.05, 0) is 60.9 Å². The first-order valence-corrected chi connectivity index (χ1v) is 13.4. The van der Waals surface area contributed by atoms with Gasteiger partial charge >= 0.3 is 0 Å². The molecule has 1 nitrogen and oxygen atoms in total. The lowest BCUT2D eigenvalue weighted by atomic mass is 9.89. The zero-order chi connectivity index (χ0) is 19.8. The van der Waals surface area contributed by atoms with E-state index < -0.39 is 8.32 Å². The van der Waals surface area contributed by atoms with Gasteiger partial charge in [0, 0.05) is 6.61 Å². The van der Waals surface area contributed by atoms with Crippen LogP contribution in [0.5, 0.6) is 0 Å². The molecule has 2 rings (SSSR count). The number of unbranched alkanes of at least 4 members (excludes halogenated alkanes) is 1. The van der Waals surface area contributed by atoms with Crippen molar-refractivity contribution in [2.45, 2.75) is 76.9 Å². The fourth-order valence-corrected chi connectivity index (χ4v) is 4.24. The third kappa shape index (κ3) is 7.27. The summed E-state index contributed by atoms with van der Waals surface area (Å²) in [5.41, 5.74) is 2.91. The lowest BCUT2D eigenvalue weighted by Crippen LogP contribution is -2.40. The van der Waals surface area contributed by atoms with Crippen molar-refractivity contribution in [1.82, 2.24) is 0 Å². The van der Waals surface area contributed by atoms with Crippen molar-refractivity contribution < 1.29 is 4.43 Å². The molecule has 0 spiro atoms. The molecule has 0 radical (unpaired) electrons. The minimum Gasteiger partial charge on any atom is -0.417 e. The van der Waals surface area contributed by atoms with Gasteiger partial charge in [0.05, 0.1) is 0 Å². The van der Waals surface area contributed by atoms with Crippen LogP contribution >= 0.6 is 0 Å². The van der Waals surface area contributed by atoms with Gasteiger partial charge in [-0.15, -0.1) is 0 Å². The van der Waals surface area contributed by atoms with E-state index in [1.165, 1.54) is 24.0 Å². The highest BCUT2D eigenvalue weighted by Gasteiger charge is 2.36. The molecule has 1 aromatic carbocycles. The summed E-state index contributed by atoms with van der Waals surface area (Å²) < 4.78 is 6.35. The van der Waals surface area contributed by atoms with Crippen LogP contribution in [0.1, 0.15) is 64.4 Å². The molecule has 1 aromatic rings. The van der Waals surface area contributed by atoms with E-state index in [2.05, 4.69) is 94.6 Å². The molecule has 148 valence electrons. The van der Waals surface area contributed by atoms with Crippen molar-refractivity contribution in [3.63, 3.8) is 0 Å². The molecule has 1 aliphatic rings. The number of hydrogen-bond donors (Lipinski definition) is 0. The van der Waals surface area contributed by atoms with E-state index >= 15 is 0 Å². The van der Waals surface area contributed by atoms with E-state index in [-0.39, 0.29) is 0 Å². The predicted octanol–water partition coefficient (Wildman–Crippen LogP) is 7.79. The van der Waals surface area contributed by atoms with Gasteiger partial charge in [-0.3, -0.25) is 0 Å². The summed E-state index contributed by atoms with van der Waals surface area (Å²) >= 11 is 0. The van der Waals surface area contributed by atoms with Gasteiger partial charge < -0.3 is 4.43 Å². The van der Waals surface area contributed by atoms with Crippen molar-refractivity contribution >= 4 is 8.32 Å². The fraction of sp³-hybridized carbons (Fsp3) is 0.520. The Balaban J connectivity index is 1.86. The first kappa shape index (κ1) is 21.9. The van der Waals surface area contributed by atoms with Crippen LogP contribution in [-0.2, 0) is 4.43 Å². The molecule has 1 unspecified atom stereocenters. The van der Waals surface area contributed by atoms with E-state index in [0.717, 1.165) is 25.9 Å². The Morgan fingerprint density at radius 1 is 1.07 bits per heavy atom. The minimum absolute atomic E-state index is 0.299. The average molecular weight is 383 g/mol. The maximum atomic E-state index is 6.35. The SMILES string of the molecule is CC(C)(C)[Si](C)(C)OCCCCC(CC=C1C=CC=CC1)c1ccccc1. The molecule has 27 heavy (non-hydrogen) atoms. The maximum Gasteiger partial charge on any atom is 0.191 e. The first-order chi connectivity index (χ1) is 12.8. The number of allylic oxidation sites excluding steroid dienone is 6. The Morgan fingerprint density at radius 2 is 1.81 bits per heavy atom. The molecule has 0 heterocycles. The van der Waals surface area contributed by atoms with E-state index in [0.29, 0.717) is 11.0 Å². The van der Waals surface area contributed by atoms with Gasteiger partial charge in [0.15, 0.2) is 8.32 Å². The second kappa shape index (κ2) is 10.2. The van der Waals surface area contributed by atoms with E-state index in [1.54, 1.807) is 0 Å². The lowest BCUT2D eigenvalue weighted by molar-refractivity contribution is 0.276. The highest BCUT2D eigenvalue weighted by atomic mass is 28.4. The van der Waals surface area contributed by atoms with Gasteiger partial charge in [0.25, 0.3) is 0 Å². The predicted molar refractivity (Wildman–Crippen MR) is 122 cm³/mol. The van der Waals surface area contributed by atoms with Crippen LogP contribution in [0, 0.1) is 0 Å². The van der Waals surface area contributed by atoms with Crippen molar-refractivity contribution in [2.75, 3.05) is 6.61 Å². The third-order valence-corrected chi connectivity index (χ3v) is 10.6. The smallest absolute Gasteiger partial charge is 0.191 e. The fourth-order valence-electron chi connectivity index (χ4n) is 3.16. The standard InChI is InChI=1S/C25H38OSi/c1-25(2,3)27(4,5)26-21-13-12-18-24(23-16-10-7-11-17-23)20-19-22-14-8-6-9-15-22/h6-11,14,16-17,19,24H,12-13,15,18,20-21H2,1-5H3. The molecule has 0 aliphatic heterocycles. The summed E-state index contributed by atoms with van der Waals surface area (Å²) in [4.78, 5) is 0. The van der Waals surface area contributed by atoms with E-state index in [1.807, 2.05) is 0 Å². The van der Waals surface area contributed by atoms with Crippen LogP contribution in [0.25, 0.3) is 0 Å². The van der Waals surface area contributed by atoms with Crippen LogP contribution < -0.4 is 0 Å². The Kier molecular flexibility index (Phi) is 8.31. The van der Waals surface area contributed by atoms with Gasteiger partial charge in [-0.25, -0.2) is 0 Å². The van der Waals surface area contributed by atoms with Gasteiger partial charge in [0.2, 0.25) is 0 Å². The van der Waals surface area contributed by atoms with Crippen LogP contribution in [0.4, 0.5) is 0 Å². The maximum absolute atomic E-state index is 6.35. The highest BCUT2D eigenvalue weighted by molar-refractivity contribution is 6.74. The topological polar surface area (TPSA) is 9.23 Å². The zero-order valence-electron chi connectivity index (χ0n) is 18.0. The molecular weight excluding hydrogens is 344 g/mol. The summed E-state index contributed by atoms with van der Waals surface area (Å²) in [6, 6.07) is 11.0. The summed E-state index contributed by atoms with van der Waals surface area (Å²) in [6.45, 7) is 12.5. The normalized spacial score (nSPS) is 17.4. The van der Waals surface area contributed by atoms with Crippen LogP contribution in [0.15, 0.2) is 66.3 Å². The Bertz CT molecular complexity index is 647. The molecule has 0 aromatic heterocycles. The second-order valence-corrected chi connectivity index (χ2v) is 14.0. The molecular formula is C25H38OSi. The number of rotatable bonds is 9. The second-order valence-electron chi connectivity index (χ2n) is 9.22. The Hall–Kier alpha value is -1.38. The molecule has 1 aliphatic carbocycles. The summed E-state index contributed by atoms with van der Waals surface area (Å²) in [7, 11) is -1.61. The zero-order valence-corrected chi connectivity index (χ0v) is 19.0. The number of benzene rings is 1. The summed E-state index contributed by atoms with van der Waals surface area (Å²) in [5, 5.41) is 0.299. The van der Waals surface area contributed by atoms with Crippen molar-refractivity contribution in [3.8, 4) is 0 Å². The van der Waals surface area contributed by atoms with Crippen molar-refractivity contribution in [2.24, 2.45) is 0 Å². The number of hydrogen-bond acceptors (Lipinski definition) is 1. The molecule has 0 N–H and O–H groups in total. The van der Waals surface area contributed by atoms with E-state index in [4.69, 9.17) is 4.43 Å². The molecule has 0 amide bonds. The average Bonchev–Trinajstić information content (AvgIpc) is 2.64. The minimum atomic E-state index is -1.61. The Morgan fingerprint density at radius 3 is 2.44 bits per heavy atom. The van der Waals surface area contributed by atoms with Crippen molar-refractivity contribution in [1.29, 1.82) is 0 Å². The van der Waals surface area contributed by atoms with Crippen LogP contribution in [0.2, 0.25) is 18.1 Å². The molecule has 0 saturated heterocycles. The summed E-state index contributed by atoms with van der Waals surface area (Å²) in [5.74, 6) is 0.603. The molecule has 1 atom stereocenters. The quantitative estimate of drug-likeness (QED) is 0.313. The largest absolute Gasteiger partial charge is 0.417 e. The van der Waals surface area contributed by atoms with Crippen LogP contribution in [0.3, 0.4) is 0 Å². The third-order valence-electron chi connectivity index (χ3n) is 6.06. The lowest BCUT2D eigenvalue weighted by Gasteiger charge is -2.36. The van der Waals surface area contributed by atoms with Crippen molar-refractivity contribution in [3.05, 3.63) is 71.8 Å². The molecule has 0 fully saturated rings. The van der Waals surface area contributed by atoms with Gasteiger partial charge in [-0.1, -0.05) is 87.9 Å². The Labute approximate surface area is 168 Å². The molecule has 0 bridgehead atoms. The van der Waals surface area contributed by atoms with E-state index in [9.17, 15) is 0 Å². The van der Waals surface area contributed by atoms with Crippen LogP contribution in [-0.4, -0.2) is 14.9 Å². The molecule has 0 saturated carbocycles. The monoisotopic (exact) mass is 382 g/mol. The first-order valence-electron chi connectivity index (χ1n) is 10.5. The molecule has 2 heteroatoms. The van der Waals surface area contributed by atoms with Gasteiger partial charge in [-0.2, -0.15) is 0 Å².